The summed E-state index contributed by atoms with van der Waals surface area (Å²) in [6.07, 6.45) is -1.04. The van der Waals surface area contributed by atoms with Gasteiger partial charge in [0.2, 0.25) is 5.95 Å². The van der Waals surface area contributed by atoms with Crippen molar-refractivity contribution in [2.45, 2.75) is 19.0 Å². The topological polar surface area (TPSA) is 84.1 Å². The fourth-order valence-corrected chi connectivity index (χ4v) is 4.57. The number of carbonyl (C=O) groups excluding carboxylic acids is 1. The Morgan fingerprint density at radius 3 is 2.56 bits per heavy atom. The summed E-state index contributed by atoms with van der Waals surface area (Å²) in [5.74, 6) is -0.376. The van der Waals surface area contributed by atoms with Crippen LogP contribution in [0.25, 0.3) is 22.0 Å². The molecule has 0 bridgehead atoms. The van der Waals surface area contributed by atoms with Crippen molar-refractivity contribution in [1.29, 1.82) is 0 Å². The summed E-state index contributed by atoms with van der Waals surface area (Å²) in [7, 11) is 0. The maximum atomic E-state index is 13.4. The van der Waals surface area contributed by atoms with E-state index in [0.717, 1.165) is 49.0 Å². The van der Waals surface area contributed by atoms with Crippen LogP contribution in [0.3, 0.4) is 0 Å². The van der Waals surface area contributed by atoms with Crippen LogP contribution in [0.2, 0.25) is 5.02 Å². The van der Waals surface area contributed by atoms with Crippen molar-refractivity contribution in [2.24, 2.45) is 0 Å². The first-order valence-electron chi connectivity index (χ1n) is 11.3. The van der Waals surface area contributed by atoms with E-state index in [1.165, 1.54) is 12.1 Å². The van der Waals surface area contributed by atoms with Crippen LogP contribution in [-0.2, 0) is 6.18 Å². The number of rotatable bonds is 4. The van der Waals surface area contributed by atoms with E-state index in [1.54, 1.807) is 30.5 Å². The second kappa shape index (κ2) is 9.31. The number of benzene rings is 3. The highest BCUT2D eigenvalue weighted by molar-refractivity contribution is 6.33. The number of nitrogen functional groups attached to an aromatic ring is 1. The van der Waals surface area contributed by atoms with E-state index in [-0.39, 0.29) is 17.2 Å². The molecule has 3 aromatic carbocycles. The fourth-order valence-electron chi connectivity index (χ4n) is 4.34. The summed E-state index contributed by atoms with van der Waals surface area (Å²) < 4.78 is 40.2. The minimum atomic E-state index is -4.53. The Balaban J connectivity index is 1.49. The number of anilines is 3. The van der Waals surface area contributed by atoms with Crippen LogP contribution in [0.1, 0.15) is 28.8 Å². The van der Waals surface area contributed by atoms with E-state index >= 15 is 0 Å². The molecular weight excluding hydrogens is 491 g/mol. The SMILES string of the molecule is Nc1ncc2cc(-c3cc(C(=O)Nc4cc(C(F)(F)F)ccc4N4CCCC4)ccc3Cl)ccc2n1. The molecule has 0 atom stereocenters. The lowest BCUT2D eigenvalue weighted by Gasteiger charge is -2.23. The van der Waals surface area contributed by atoms with Crippen molar-refractivity contribution < 1.29 is 18.0 Å². The number of nitrogens with two attached hydrogens (primary N) is 1. The molecule has 1 saturated heterocycles. The molecule has 10 heteroatoms. The van der Waals surface area contributed by atoms with E-state index in [4.69, 9.17) is 17.3 Å². The quantitative estimate of drug-likeness (QED) is 0.331. The Bertz CT molecular complexity index is 1470. The predicted molar refractivity (Wildman–Crippen MR) is 135 cm³/mol. The van der Waals surface area contributed by atoms with E-state index in [1.807, 2.05) is 11.0 Å². The number of halogens is 4. The lowest BCUT2D eigenvalue weighted by molar-refractivity contribution is -0.137. The molecule has 3 N–H and O–H groups in total. The van der Waals surface area contributed by atoms with E-state index < -0.39 is 17.6 Å². The summed E-state index contributed by atoms with van der Waals surface area (Å²) in [6, 6.07) is 13.6. The number of alkyl halides is 3. The van der Waals surface area contributed by atoms with Crippen LogP contribution in [0.4, 0.5) is 30.5 Å². The smallest absolute Gasteiger partial charge is 0.370 e. The third-order valence-electron chi connectivity index (χ3n) is 6.16. The first-order valence-corrected chi connectivity index (χ1v) is 11.7. The van der Waals surface area contributed by atoms with E-state index in [9.17, 15) is 18.0 Å². The molecule has 1 aliphatic heterocycles. The van der Waals surface area contributed by atoms with Gasteiger partial charge in [-0.15, -0.1) is 0 Å². The third kappa shape index (κ3) is 4.79. The number of amides is 1. The minimum Gasteiger partial charge on any atom is -0.370 e. The van der Waals surface area contributed by atoms with Crippen molar-refractivity contribution in [1.82, 2.24) is 9.97 Å². The van der Waals surface area contributed by atoms with Gasteiger partial charge in [0, 0.05) is 40.8 Å². The molecule has 1 amide bonds. The molecule has 5 rings (SSSR count). The molecule has 0 aliphatic carbocycles. The lowest BCUT2D eigenvalue weighted by Crippen LogP contribution is -2.22. The van der Waals surface area contributed by atoms with Gasteiger partial charge in [0.25, 0.3) is 5.91 Å². The van der Waals surface area contributed by atoms with Gasteiger partial charge in [-0.1, -0.05) is 17.7 Å². The van der Waals surface area contributed by atoms with Crippen LogP contribution in [0.15, 0.2) is 60.8 Å². The van der Waals surface area contributed by atoms with Gasteiger partial charge in [-0.05, 0) is 66.9 Å². The summed E-state index contributed by atoms with van der Waals surface area (Å²) in [5, 5.41) is 3.85. The van der Waals surface area contributed by atoms with Gasteiger partial charge < -0.3 is 16.0 Å². The molecule has 6 nitrogen and oxygen atoms in total. The van der Waals surface area contributed by atoms with Crippen molar-refractivity contribution >= 4 is 45.7 Å². The molecule has 184 valence electrons. The van der Waals surface area contributed by atoms with E-state index in [0.29, 0.717) is 21.8 Å². The summed E-state index contributed by atoms with van der Waals surface area (Å²) >= 11 is 6.44. The Labute approximate surface area is 209 Å². The maximum Gasteiger partial charge on any atom is 0.416 e. The second-order valence-corrected chi connectivity index (χ2v) is 8.98. The standard InChI is InChI=1S/C26H21ClF3N5O/c27-20-6-3-16(12-19(20)15-4-7-21-17(11-15)14-32-25(31)34-21)24(36)33-22-13-18(26(28,29)30)5-8-23(22)35-9-1-2-10-35/h3-8,11-14H,1-2,9-10H2,(H,33,36)(H2,31,32,34). The van der Waals surface area contributed by atoms with E-state index in [2.05, 4.69) is 15.3 Å². The third-order valence-corrected chi connectivity index (χ3v) is 6.49. The predicted octanol–water partition coefficient (Wildman–Crippen LogP) is 6.40. The summed E-state index contributed by atoms with van der Waals surface area (Å²) in [6.45, 7) is 1.44. The number of carbonyl (C=O) groups is 1. The average molecular weight is 512 g/mol. The molecular formula is C26H21ClF3N5O. The molecule has 1 fully saturated rings. The molecule has 4 aromatic rings. The Morgan fingerprint density at radius 2 is 1.81 bits per heavy atom. The first kappa shape index (κ1) is 23.9. The highest BCUT2D eigenvalue weighted by Gasteiger charge is 2.32. The van der Waals surface area contributed by atoms with Crippen LogP contribution in [0.5, 0.6) is 0 Å². The zero-order chi connectivity index (χ0) is 25.4. The van der Waals surface area contributed by atoms with Gasteiger partial charge in [0.1, 0.15) is 0 Å². The van der Waals surface area contributed by atoms with Crippen molar-refractivity contribution in [3.05, 3.63) is 76.9 Å². The van der Waals surface area contributed by atoms with Gasteiger partial charge in [-0.25, -0.2) is 9.97 Å². The largest absolute Gasteiger partial charge is 0.416 e. The number of aromatic nitrogens is 2. The van der Waals surface area contributed by atoms with Crippen molar-refractivity contribution in [3.63, 3.8) is 0 Å². The first-order chi connectivity index (χ1) is 17.2. The summed E-state index contributed by atoms with van der Waals surface area (Å²) in [4.78, 5) is 23.4. The Kier molecular flexibility index (Phi) is 6.17. The van der Waals surface area contributed by atoms with Gasteiger partial charge in [-0.2, -0.15) is 13.2 Å². The molecule has 0 unspecified atom stereocenters. The second-order valence-electron chi connectivity index (χ2n) is 8.57. The van der Waals surface area contributed by atoms with Gasteiger partial charge in [-0.3, -0.25) is 4.79 Å². The van der Waals surface area contributed by atoms with Crippen molar-refractivity contribution in [2.75, 3.05) is 29.0 Å². The molecule has 0 saturated carbocycles. The lowest BCUT2D eigenvalue weighted by atomic mass is 10.0. The number of nitrogens with zero attached hydrogens (tertiary/aromatic N) is 3. The zero-order valence-corrected chi connectivity index (χ0v) is 19.7. The van der Waals surface area contributed by atoms with Gasteiger partial charge in [0.05, 0.1) is 22.5 Å². The Morgan fingerprint density at radius 1 is 1.03 bits per heavy atom. The maximum absolute atomic E-state index is 13.4. The van der Waals surface area contributed by atoms with Gasteiger partial charge >= 0.3 is 6.18 Å². The van der Waals surface area contributed by atoms with Crippen LogP contribution in [0, 0.1) is 0 Å². The molecule has 1 aliphatic rings. The molecule has 2 heterocycles. The fraction of sp³-hybridized carbons (Fsp3) is 0.192. The minimum absolute atomic E-state index is 0.119. The van der Waals surface area contributed by atoms with Crippen LogP contribution < -0.4 is 16.0 Å². The van der Waals surface area contributed by atoms with Crippen molar-refractivity contribution in [3.8, 4) is 11.1 Å². The summed E-state index contributed by atoms with van der Waals surface area (Å²) in [5.41, 5.74) is 7.75. The molecule has 0 spiro atoms. The molecule has 0 radical (unpaired) electrons. The van der Waals surface area contributed by atoms with Crippen LogP contribution in [-0.4, -0.2) is 29.0 Å². The Hall–Kier alpha value is -3.85. The average Bonchev–Trinajstić information content (AvgIpc) is 3.38. The highest BCUT2D eigenvalue weighted by atomic mass is 35.5. The normalized spacial score (nSPS) is 13.8. The number of hydrogen-bond acceptors (Lipinski definition) is 5. The molecule has 1 aromatic heterocycles. The zero-order valence-electron chi connectivity index (χ0n) is 18.9. The van der Waals surface area contributed by atoms with Crippen LogP contribution >= 0.6 is 11.6 Å². The van der Waals surface area contributed by atoms with Gasteiger partial charge in [0.15, 0.2) is 0 Å². The number of fused-ring (bicyclic) bond motifs is 1. The molecule has 36 heavy (non-hydrogen) atoms. The number of hydrogen-bond donors (Lipinski definition) is 2. The highest BCUT2D eigenvalue weighted by Crippen LogP contribution is 2.37. The monoisotopic (exact) mass is 511 g/mol. The number of nitrogens with one attached hydrogen (secondary N) is 1.